The molecule has 18 heavy (non-hydrogen) atoms. The Bertz CT molecular complexity index is 410. The molecule has 2 atom stereocenters. The molecular weight excluding hydrogens is 237 g/mol. The lowest BCUT2D eigenvalue weighted by molar-refractivity contribution is -0.144. The maximum Gasteiger partial charge on any atom is 0.306 e. The number of rotatable bonds is 4. The Morgan fingerprint density at radius 3 is 2.72 bits per heavy atom. The molecule has 1 aliphatic carbocycles. The highest BCUT2D eigenvalue weighted by Crippen LogP contribution is 2.30. The van der Waals surface area contributed by atoms with E-state index in [2.05, 4.69) is 15.3 Å². The van der Waals surface area contributed by atoms with Crippen LogP contribution in [0.2, 0.25) is 0 Å². The number of hydrogen-bond donors (Lipinski definition) is 2. The number of halogens is 1. The van der Waals surface area contributed by atoms with Crippen molar-refractivity contribution in [2.75, 3.05) is 11.9 Å². The van der Waals surface area contributed by atoms with E-state index in [-0.39, 0.29) is 11.8 Å². The summed E-state index contributed by atoms with van der Waals surface area (Å²) in [6.45, 7) is 0.516. The van der Waals surface area contributed by atoms with Crippen LogP contribution in [0.1, 0.15) is 25.7 Å². The minimum Gasteiger partial charge on any atom is -0.481 e. The predicted molar refractivity (Wildman–Crippen MR) is 63.6 cm³/mol. The molecule has 1 heterocycles. The maximum absolute atomic E-state index is 12.6. The highest BCUT2D eigenvalue weighted by molar-refractivity contribution is 5.70. The first kappa shape index (κ1) is 12.7. The van der Waals surface area contributed by atoms with Gasteiger partial charge in [0.1, 0.15) is 0 Å². The standard InChI is InChI=1S/C12H16FN3O2/c13-9-6-15-12(16-7-9)14-5-8-3-1-2-4-10(8)11(17)18/h6-8,10H,1-5H2,(H,17,18)(H,14,15,16). The summed E-state index contributed by atoms with van der Waals surface area (Å²) in [6, 6.07) is 0. The fourth-order valence-electron chi connectivity index (χ4n) is 2.40. The third-order valence-electron chi connectivity index (χ3n) is 3.37. The second-order valence-electron chi connectivity index (χ2n) is 4.60. The van der Waals surface area contributed by atoms with Crippen molar-refractivity contribution < 1.29 is 14.3 Å². The Morgan fingerprint density at radius 2 is 2.06 bits per heavy atom. The van der Waals surface area contributed by atoms with Crippen LogP contribution in [0.3, 0.4) is 0 Å². The van der Waals surface area contributed by atoms with E-state index in [1.165, 1.54) is 0 Å². The van der Waals surface area contributed by atoms with Crippen molar-refractivity contribution in [1.29, 1.82) is 0 Å². The van der Waals surface area contributed by atoms with Gasteiger partial charge >= 0.3 is 5.97 Å². The zero-order chi connectivity index (χ0) is 13.0. The molecule has 2 N–H and O–H groups in total. The SMILES string of the molecule is O=C(O)C1CCCCC1CNc1ncc(F)cn1. The molecule has 98 valence electrons. The van der Waals surface area contributed by atoms with Gasteiger partial charge in [0, 0.05) is 6.54 Å². The molecule has 2 unspecified atom stereocenters. The summed E-state index contributed by atoms with van der Waals surface area (Å²) >= 11 is 0. The van der Waals surface area contributed by atoms with Crippen LogP contribution in [0.4, 0.5) is 10.3 Å². The molecule has 0 aromatic carbocycles. The van der Waals surface area contributed by atoms with Crippen molar-refractivity contribution in [3.05, 3.63) is 18.2 Å². The molecule has 6 heteroatoms. The summed E-state index contributed by atoms with van der Waals surface area (Å²) in [6.07, 6.45) is 5.83. The third kappa shape index (κ3) is 3.15. The molecule has 1 aromatic rings. The van der Waals surface area contributed by atoms with Gasteiger partial charge in [-0.15, -0.1) is 0 Å². The van der Waals surface area contributed by atoms with Gasteiger partial charge in [-0.2, -0.15) is 0 Å². The van der Waals surface area contributed by atoms with Crippen LogP contribution in [0.25, 0.3) is 0 Å². The maximum atomic E-state index is 12.6. The summed E-state index contributed by atoms with van der Waals surface area (Å²) in [4.78, 5) is 18.7. The first-order valence-electron chi connectivity index (χ1n) is 6.11. The molecule has 0 radical (unpaired) electrons. The molecule has 0 bridgehead atoms. The van der Waals surface area contributed by atoms with E-state index in [1.807, 2.05) is 0 Å². The van der Waals surface area contributed by atoms with Crippen molar-refractivity contribution >= 4 is 11.9 Å². The molecule has 5 nitrogen and oxygen atoms in total. The Kier molecular flexibility index (Phi) is 4.07. The van der Waals surface area contributed by atoms with E-state index >= 15 is 0 Å². The van der Waals surface area contributed by atoms with Crippen LogP contribution >= 0.6 is 0 Å². The number of nitrogens with one attached hydrogen (secondary N) is 1. The van der Waals surface area contributed by atoms with Crippen LogP contribution in [-0.4, -0.2) is 27.6 Å². The molecule has 0 aliphatic heterocycles. The molecule has 0 amide bonds. The molecule has 1 aliphatic rings. The highest BCUT2D eigenvalue weighted by atomic mass is 19.1. The zero-order valence-corrected chi connectivity index (χ0v) is 9.97. The van der Waals surface area contributed by atoms with Gasteiger partial charge < -0.3 is 10.4 Å². The molecule has 1 aromatic heterocycles. The quantitative estimate of drug-likeness (QED) is 0.857. The van der Waals surface area contributed by atoms with Gasteiger partial charge in [0.25, 0.3) is 0 Å². The minimum atomic E-state index is -0.735. The van der Waals surface area contributed by atoms with Gasteiger partial charge in [0.2, 0.25) is 5.95 Å². The van der Waals surface area contributed by atoms with E-state index < -0.39 is 11.8 Å². The second-order valence-corrected chi connectivity index (χ2v) is 4.60. The summed E-state index contributed by atoms with van der Waals surface area (Å²) in [5, 5.41) is 12.1. The van der Waals surface area contributed by atoms with Gasteiger partial charge in [-0.3, -0.25) is 4.79 Å². The number of aromatic nitrogens is 2. The normalized spacial score (nSPS) is 23.6. The van der Waals surface area contributed by atoms with Crippen molar-refractivity contribution in [3.8, 4) is 0 Å². The predicted octanol–water partition coefficient (Wildman–Crippen LogP) is 1.92. The van der Waals surface area contributed by atoms with E-state index in [0.29, 0.717) is 12.5 Å². The summed E-state index contributed by atoms with van der Waals surface area (Å²) < 4.78 is 12.6. The van der Waals surface area contributed by atoms with Crippen LogP contribution in [0.5, 0.6) is 0 Å². The van der Waals surface area contributed by atoms with Crippen LogP contribution in [-0.2, 0) is 4.79 Å². The number of aliphatic carboxylic acids is 1. The van der Waals surface area contributed by atoms with Gasteiger partial charge in [-0.1, -0.05) is 12.8 Å². The Hall–Kier alpha value is -1.72. The van der Waals surface area contributed by atoms with Gasteiger partial charge in [-0.25, -0.2) is 14.4 Å². The monoisotopic (exact) mass is 253 g/mol. The smallest absolute Gasteiger partial charge is 0.306 e. The first-order valence-corrected chi connectivity index (χ1v) is 6.11. The van der Waals surface area contributed by atoms with Gasteiger partial charge in [0.15, 0.2) is 5.82 Å². The van der Waals surface area contributed by atoms with Crippen molar-refractivity contribution in [1.82, 2.24) is 9.97 Å². The summed E-state index contributed by atoms with van der Waals surface area (Å²) in [5.74, 6) is -1.09. The van der Waals surface area contributed by atoms with Crippen molar-refractivity contribution in [2.45, 2.75) is 25.7 Å². The first-order chi connectivity index (χ1) is 8.66. The Morgan fingerprint density at radius 1 is 1.39 bits per heavy atom. The topological polar surface area (TPSA) is 75.1 Å². The second kappa shape index (κ2) is 5.75. The largest absolute Gasteiger partial charge is 0.481 e. The van der Waals surface area contributed by atoms with E-state index in [4.69, 9.17) is 5.11 Å². The van der Waals surface area contributed by atoms with E-state index in [1.54, 1.807) is 0 Å². The van der Waals surface area contributed by atoms with Crippen LogP contribution in [0.15, 0.2) is 12.4 Å². The molecule has 0 spiro atoms. The average molecular weight is 253 g/mol. The molecule has 1 fully saturated rings. The molecule has 1 saturated carbocycles. The van der Waals surface area contributed by atoms with Gasteiger partial charge in [-0.05, 0) is 18.8 Å². The lowest BCUT2D eigenvalue weighted by Gasteiger charge is -2.28. The van der Waals surface area contributed by atoms with Crippen LogP contribution < -0.4 is 5.32 Å². The fraction of sp³-hybridized carbons (Fsp3) is 0.583. The lowest BCUT2D eigenvalue weighted by atomic mass is 9.79. The number of carboxylic acids is 1. The lowest BCUT2D eigenvalue weighted by Crippen LogP contribution is -2.32. The van der Waals surface area contributed by atoms with Crippen LogP contribution in [0, 0.1) is 17.7 Å². The molecule has 0 saturated heterocycles. The number of nitrogens with zero attached hydrogens (tertiary/aromatic N) is 2. The number of carbonyl (C=O) groups is 1. The fourth-order valence-corrected chi connectivity index (χ4v) is 2.40. The minimum absolute atomic E-state index is 0.0879. The third-order valence-corrected chi connectivity index (χ3v) is 3.37. The Labute approximate surface area is 104 Å². The Balaban J connectivity index is 1.91. The highest BCUT2D eigenvalue weighted by Gasteiger charge is 2.30. The zero-order valence-electron chi connectivity index (χ0n) is 9.97. The van der Waals surface area contributed by atoms with E-state index in [0.717, 1.165) is 38.1 Å². The summed E-state index contributed by atoms with van der Waals surface area (Å²) in [7, 11) is 0. The number of anilines is 1. The van der Waals surface area contributed by atoms with E-state index in [9.17, 15) is 9.18 Å². The van der Waals surface area contributed by atoms with Crippen molar-refractivity contribution in [3.63, 3.8) is 0 Å². The molecule has 2 rings (SSSR count). The number of hydrogen-bond acceptors (Lipinski definition) is 4. The number of carboxylic acid groups (broad SMARTS) is 1. The summed E-state index contributed by atoms with van der Waals surface area (Å²) in [5.41, 5.74) is 0. The van der Waals surface area contributed by atoms with Crippen molar-refractivity contribution in [2.24, 2.45) is 11.8 Å². The average Bonchev–Trinajstić information content (AvgIpc) is 2.38. The van der Waals surface area contributed by atoms with Gasteiger partial charge in [0.05, 0.1) is 18.3 Å². The molecular formula is C12H16FN3O2.